The van der Waals surface area contributed by atoms with E-state index in [0.29, 0.717) is 0 Å². The molecule has 0 aromatic carbocycles. The zero-order valence-electron chi connectivity index (χ0n) is 11.8. The number of hydrogen-bond acceptors (Lipinski definition) is 3. The summed E-state index contributed by atoms with van der Waals surface area (Å²) in [6, 6.07) is 0. The van der Waals surface area contributed by atoms with Crippen molar-refractivity contribution in [1.82, 2.24) is 9.36 Å². The molecule has 0 saturated carbocycles. The summed E-state index contributed by atoms with van der Waals surface area (Å²) in [5, 5.41) is 0. The van der Waals surface area contributed by atoms with Crippen LogP contribution in [0.4, 0.5) is 0 Å². The molecule has 1 saturated heterocycles. The van der Waals surface area contributed by atoms with E-state index in [0.717, 1.165) is 11.8 Å². The molecule has 0 aromatic rings. The van der Waals surface area contributed by atoms with Crippen molar-refractivity contribution in [1.29, 1.82) is 0 Å². The van der Waals surface area contributed by atoms with Gasteiger partial charge in [-0.05, 0) is 0 Å². The molecule has 0 bridgehead atoms. The van der Waals surface area contributed by atoms with Crippen LogP contribution in [0.25, 0.3) is 0 Å². The molecular weight excluding hydrogens is 305 g/mol. The van der Waals surface area contributed by atoms with E-state index in [-0.39, 0.29) is 0 Å². The average Bonchev–Trinajstić information content (AvgIpc) is 2.14. The van der Waals surface area contributed by atoms with Gasteiger partial charge in [-0.2, -0.15) is 0 Å². The Morgan fingerprint density at radius 3 is 1.81 bits per heavy atom. The molecule has 1 radical (unpaired) electrons. The monoisotopic (exact) mass is 334 g/mol. The molecule has 3 nitrogen and oxygen atoms in total. The van der Waals surface area contributed by atoms with Crippen LogP contribution in [0.1, 0.15) is 34.6 Å². The summed E-state index contributed by atoms with van der Waals surface area (Å²) in [6.45, 7) is 16.6. The fourth-order valence-electron chi connectivity index (χ4n) is 2.24. The fourth-order valence-corrected chi connectivity index (χ4v) is 11.0. The van der Waals surface area contributed by atoms with E-state index in [1.54, 1.807) is 0 Å². The van der Waals surface area contributed by atoms with Crippen molar-refractivity contribution in [2.24, 2.45) is 11.8 Å². The van der Waals surface area contributed by atoms with Crippen molar-refractivity contribution in [3.05, 3.63) is 0 Å². The quantitative estimate of drug-likeness (QED) is 0.687. The third-order valence-electron chi connectivity index (χ3n) is 2.89. The number of rotatable bonds is 6. The van der Waals surface area contributed by atoms with Crippen LogP contribution in [0.2, 0.25) is 0 Å². The maximum atomic E-state index is 2.78. The van der Waals surface area contributed by atoms with Gasteiger partial charge in [0.2, 0.25) is 0 Å². The SMILES string of the molecule is CC[N](C)[Sn]1[N](CC(C)C)C[N]1CC(C)C. The fraction of sp³-hybridized carbons (Fsp3) is 1.00. The van der Waals surface area contributed by atoms with E-state index in [2.05, 4.69) is 51.0 Å². The van der Waals surface area contributed by atoms with Crippen molar-refractivity contribution in [2.45, 2.75) is 34.6 Å². The van der Waals surface area contributed by atoms with Gasteiger partial charge in [-0.15, -0.1) is 0 Å². The predicted molar refractivity (Wildman–Crippen MR) is 72.0 cm³/mol. The van der Waals surface area contributed by atoms with Gasteiger partial charge in [0.1, 0.15) is 0 Å². The summed E-state index contributed by atoms with van der Waals surface area (Å²) in [5.41, 5.74) is 0. The molecule has 95 valence electrons. The summed E-state index contributed by atoms with van der Waals surface area (Å²) in [4.78, 5) is 0. The van der Waals surface area contributed by atoms with E-state index in [1.165, 1.54) is 26.3 Å². The van der Waals surface area contributed by atoms with Gasteiger partial charge < -0.3 is 0 Å². The molecule has 1 aliphatic rings. The van der Waals surface area contributed by atoms with Crippen LogP contribution >= 0.6 is 0 Å². The van der Waals surface area contributed by atoms with Crippen molar-refractivity contribution in [2.75, 3.05) is 33.4 Å². The van der Waals surface area contributed by atoms with Crippen LogP contribution < -0.4 is 0 Å². The number of nitrogens with zero attached hydrogens (tertiary/aromatic N) is 3. The summed E-state index contributed by atoms with van der Waals surface area (Å²) in [6.07, 6.45) is 0. The first-order valence-corrected chi connectivity index (χ1v) is 10.4. The molecule has 16 heavy (non-hydrogen) atoms. The second-order valence-corrected chi connectivity index (χ2v) is 13.2. The van der Waals surface area contributed by atoms with Crippen LogP contribution in [0.3, 0.4) is 0 Å². The minimum absolute atomic E-state index is 0.807. The second-order valence-electron chi connectivity index (χ2n) is 5.69. The normalized spacial score (nSPS) is 20.1. The van der Waals surface area contributed by atoms with Crippen LogP contribution in [-0.4, -0.2) is 63.3 Å². The van der Waals surface area contributed by atoms with E-state index < -0.39 is 20.6 Å². The maximum absolute atomic E-state index is 2.78. The molecule has 1 aliphatic heterocycles. The van der Waals surface area contributed by atoms with Crippen molar-refractivity contribution in [3.8, 4) is 0 Å². The third-order valence-corrected chi connectivity index (χ3v) is 10.8. The van der Waals surface area contributed by atoms with E-state index in [1.807, 2.05) is 0 Å². The standard InChI is InChI=1S/C9H20N2.C3H8N.Sn/c1-8(2)5-10-7-11-6-9(3)4;1-3-4-2;/h8-9H,5-7H2,1-4H3;3H2,1-2H3;/q-2;-1;+3. The van der Waals surface area contributed by atoms with Crippen LogP contribution in [0.5, 0.6) is 0 Å². The van der Waals surface area contributed by atoms with Gasteiger partial charge in [-0.3, -0.25) is 0 Å². The van der Waals surface area contributed by atoms with Crippen molar-refractivity contribution in [3.63, 3.8) is 0 Å². The summed E-state index contributed by atoms with van der Waals surface area (Å²) in [5.74, 6) is 1.61. The van der Waals surface area contributed by atoms with Crippen LogP contribution in [0.15, 0.2) is 0 Å². The van der Waals surface area contributed by atoms with Crippen LogP contribution in [-0.2, 0) is 0 Å². The molecule has 1 rings (SSSR count). The summed E-state index contributed by atoms with van der Waals surface area (Å²) >= 11 is -1.55. The van der Waals surface area contributed by atoms with Gasteiger partial charge in [-0.25, -0.2) is 0 Å². The van der Waals surface area contributed by atoms with Gasteiger partial charge >= 0.3 is 110 Å². The van der Waals surface area contributed by atoms with Crippen molar-refractivity contribution < 1.29 is 0 Å². The van der Waals surface area contributed by atoms with E-state index in [9.17, 15) is 0 Å². The first-order valence-electron chi connectivity index (χ1n) is 6.53. The van der Waals surface area contributed by atoms with Gasteiger partial charge in [0.25, 0.3) is 0 Å². The molecular formula is C12H28N3Sn. The van der Waals surface area contributed by atoms with Crippen molar-refractivity contribution >= 4 is 20.6 Å². The first kappa shape index (κ1) is 14.7. The Morgan fingerprint density at radius 2 is 1.50 bits per heavy atom. The Hall–Kier alpha value is 0.679. The summed E-state index contributed by atoms with van der Waals surface area (Å²) < 4.78 is 8.19. The molecule has 0 atom stereocenters. The third kappa shape index (κ3) is 3.86. The molecule has 0 spiro atoms. The van der Waals surface area contributed by atoms with Gasteiger partial charge in [-0.1, -0.05) is 0 Å². The predicted octanol–water partition coefficient (Wildman–Crippen LogP) is 1.81. The Balaban J connectivity index is 2.51. The summed E-state index contributed by atoms with van der Waals surface area (Å²) in [7, 11) is 2.31. The molecule has 0 unspecified atom stereocenters. The van der Waals surface area contributed by atoms with E-state index in [4.69, 9.17) is 0 Å². The Labute approximate surface area is 110 Å². The Kier molecular flexibility index (Phi) is 6.05. The topological polar surface area (TPSA) is 9.72 Å². The molecule has 0 aromatic heterocycles. The minimum atomic E-state index is -1.55. The zero-order valence-corrected chi connectivity index (χ0v) is 14.7. The zero-order chi connectivity index (χ0) is 12.3. The van der Waals surface area contributed by atoms with Gasteiger partial charge in [0, 0.05) is 0 Å². The first-order chi connectivity index (χ1) is 7.45. The molecule has 0 amide bonds. The average molecular weight is 333 g/mol. The second kappa shape index (κ2) is 6.57. The molecule has 1 fully saturated rings. The Morgan fingerprint density at radius 1 is 1.06 bits per heavy atom. The molecule has 0 aliphatic carbocycles. The van der Waals surface area contributed by atoms with Gasteiger partial charge in [0.05, 0.1) is 0 Å². The van der Waals surface area contributed by atoms with Crippen LogP contribution in [0, 0.1) is 11.8 Å². The molecule has 4 heteroatoms. The molecule has 0 N–H and O–H groups in total. The van der Waals surface area contributed by atoms with Gasteiger partial charge in [0.15, 0.2) is 0 Å². The Bertz CT molecular complexity index is 192. The van der Waals surface area contributed by atoms with E-state index >= 15 is 0 Å². The molecule has 1 heterocycles. The number of hydrogen-bond donors (Lipinski definition) is 0.